The van der Waals surface area contributed by atoms with Crippen LogP contribution in [0.15, 0.2) is 84.9 Å². The van der Waals surface area contributed by atoms with Gasteiger partial charge in [-0.1, -0.05) is 85.8 Å². The molecule has 0 spiro atoms. The second-order valence-electron chi connectivity index (χ2n) is 7.07. The highest BCUT2D eigenvalue weighted by Gasteiger charge is 2.23. The van der Waals surface area contributed by atoms with Crippen LogP contribution in [0.1, 0.15) is 47.2 Å². The van der Waals surface area contributed by atoms with Gasteiger partial charge in [-0.2, -0.15) is 0 Å². The van der Waals surface area contributed by atoms with Crippen LogP contribution in [0.3, 0.4) is 0 Å². The summed E-state index contributed by atoms with van der Waals surface area (Å²) in [6, 6.07) is 24.3. The third-order valence-electron chi connectivity index (χ3n) is 4.71. The summed E-state index contributed by atoms with van der Waals surface area (Å²) in [5.41, 5.74) is 0.447. The Morgan fingerprint density at radius 1 is 0.361 bits per heavy atom. The standard InChI is InChI=1S/C30H14F4.C2H6/c31-27-25(19-17-22-9-5-2-6-10-22)28(32)30(34)26(29(27)33)20-18-24-15-13-23(14-16-24)12-11-21-7-3-1-4-8-21;1-2/h1-10,13-16H;1-2H3. The van der Waals surface area contributed by atoms with Crippen LogP contribution in [0, 0.1) is 58.8 Å². The third kappa shape index (κ3) is 6.44. The van der Waals surface area contributed by atoms with Gasteiger partial charge in [-0.3, -0.25) is 0 Å². The molecule has 0 saturated carbocycles. The Bertz CT molecular complexity index is 1490. The van der Waals surface area contributed by atoms with Crippen molar-refractivity contribution in [1.82, 2.24) is 0 Å². The minimum atomic E-state index is -1.59. The molecular formula is C32H20F4. The molecule has 0 nitrogen and oxygen atoms in total. The molecule has 0 radical (unpaired) electrons. The SMILES string of the molecule is CC.Fc1c(F)c(C#Cc2ccc(C#Cc3ccccc3)cc2)c(F)c(F)c1C#Cc1ccccc1. The molecule has 4 aromatic rings. The smallest absolute Gasteiger partial charge is 0.178 e. The quantitative estimate of drug-likeness (QED) is 0.139. The van der Waals surface area contributed by atoms with Gasteiger partial charge in [0.25, 0.3) is 0 Å². The molecule has 0 unspecified atom stereocenters. The van der Waals surface area contributed by atoms with E-state index in [0.29, 0.717) is 16.7 Å². The van der Waals surface area contributed by atoms with Crippen molar-refractivity contribution in [3.8, 4) is 35.5 Å². The highest BCUT2D eigenvalue weighted by Crippen LogP contribution is 2.23. The lowest BCUT2D eigenvalue weighted by molar-refractivity contribution is 0.447. The molecule has 0 aliphatic carbocycles. The number of hydrogen-bond acceptors (Lipinski definition) is 0. The van der Waals surface area contributed by atoms with E-state index >= 15 is 0 Å². The molecule has 0 fully saturated rings. The molecule has 0 amide bonds. The van der Waals surface area contributed by atoms with Crippen molar-refractivity contribution in [2.24, 2.45) is 0 Å². The van der Waals surface area contributed by atoms with Gasteiger partial charge in [-0.05, 0) is 48.5 Å². The van der Waals surface area contributed by atoms with Crippen molar-refractivity contribution in [1.29, 1.82) is 0 Å². The molecule has 4 rings (SSSR count). The number of hydrogen-bond donors (Lipinski definition) is 0. The Hall–Kier alpha value is -4.72. The largest absolute Gasteiger partial charge is 0.202 e. The lowest BCUT2D eigenvalue weighted by atomic mass is 10.1. The summed E-state index contributed by atoms with van der Waals surface area (Å²) in [5.74, 6) is 9.04. The van der Waals surface area contributed by atoms with E-state index in [4.69, 9.17) is 0 Å². The fourth-order valence-electron chi connectivity index (χ4n) is 2.94. The second kappa shape index (κ2) is 12.7. The Balaban J connectivity index is 0.00000176. The van der Waals surface area contributed by atoms with Gasteiger partial charge in [0, 0.05) is 22.3 Å². The number of benzene rings is 4. The molecule has 0 aromatic heterocycles. The molecule has 36 heavy (non-hydrogen) atoms. The monoisotopic (exact) mass is 480 g/mol. The number of rotatable bonds is 0. The van der Waals surface area contributed by atoms with Gasteiger partial charge in [0.1, 0.15) is 11.1 Å². The summed E-state index contributed by atoms with van der Waals surface area (Å²) in [6.45, 7) is 4.00. The van der Waals surface area contributed by atoms with Crippen molar-refractivity contribution >= 4 is 0 Å². The zero-order chi connectivity index (χ0) is 25.9. The van der Waals surface area contributed by atoms with Gasteiger partial charge in [-0.25, -0.2) is 17.6 Å². The Morgan fingerprint density at radius 3 is 0.917 bits per heavy atom. The first-order valence-electron chi connectivity index (χ1n) is 11.1. The highest BCUT2D eigenvalue weighted by atomic mass is 19.2. The Morgan fingerprint density at radius 2 is 0.611 bits per heavy atom. The van der Waals surface area contributed by atoms with Crippen molar-refractivity contribution in [2.45, 2.75) is 13.8 Å². The van der Waals surface area contributed by atoms with Crippen LogP contribution in [0.25, 0.3) is 0 Å². The zero-order valence-electron chi connectivity index (χ0n) is 19.6. The number of halogens is 4. The van der Waals surface area contributed by atoms with Gasteiger partial charge >= 0.3 is 0 Å². The molecule has 4 aromatic carbocycles. The van der Waals surface area contributed by atoms with E-state index in [0.717, 1.165) is 5.56 Å². The molecule has 4 heteroatoms. The summed E-state index contributed by atoms with van der Waals surface area (Å²) in [6.07, 6.45) is 0. The molecule has 0 aliphatic rings. The summed E-state index contributed by atoms with van der Waals surface area (Å²) in [7, 11) is 0. The highest BCUT2D eigenvalue weighted by molar-refractivity contribution is 5.52. The molecule has 0 bridgehead atoms. The van der Waals surface area contributed by atoms with E-state index in [2.05, 4.69) is 35.5 Å². The van der Waals surface area contributed by atoms with Gasteiger partial charge in [0.15, 0.2) is 23.3 Å². The van der Waals surface area contributed by atoms with E-state index in [1.165, 1.54) is 0 Å². The third-order valence-corrected chi connectivity index (χ3v) is 4.71. The van der Waals surface area contributed by atoms with E-state index < -0.39 is 34.4 Å². The average molecular weight is 481 g/mol. The van der Waals surface area contributed by atoms with E-state index in [1.807, 2.05) is 44.2 Å². The molecule has 176 valence electrons. The van der Waals surface area contributed by atoms with E-state index in [-0.39, 0.29) is 0 Å². The summed E-state index contributed by atoms with van der Waals surface area (Å²) >= 11 is 0. The van der Waals surface area contributed by atoms with Crippen molar-refractivity contribution < 1.29 is 17.6 Å². The molecule has 0 N–H and O–H groups in total. The lowest BCUT2D eigenvalue weighted by Gasteiger charge is -2.04. The normalized spacial score (nSPS) is 9.28. The van der Waals surface area contributed by atoms with Crippen LogP contribution in [0.2, 0.25) is 0 Å². The summed E-state index contributed by atoms with van der Waals surface area (Å²) in [5, 5.41) is 0. The fourth-order valence-corrected chi connectivity index (χ4v) is 2.94. The average Bonchev–Trinajstić information content (AvgIpc) is 2.93. The Kier molecular flexibility index (Phi) is 9.11. The first-order valence-corrected chi connectivity index (χ1v) is 11.1. The van der Waals surface area contributed by atoms with Crippen LogP contribution in [0.5, 0.6) is 0 Å². The van der Waals surface area contributed by atoms with Crippen LogP contribution in [-0.4, -0.2) is 0 Å². The Labute approximate surface area is 208 Å². The minimum Gasteiger partial charge on any atom is -0.202 e. The van der Waals surface area contributed by atoms with Crippen LogP contribution in [-0.2, 0) is 0 Å². The first kappa shape index (κ1) is 25.9. The first-order chi connectivity index (χ1) is 17.5. The maximum Gasteiger partial charge on any atom is 0.178 e. The van der Waals surface area contributed by atoms with E-state index in [9.17, 15) is 17.6 Å². The second-order valence-corrected chi connectivity index (χ2v) is 7.07. The van der Waals surface area contributed by atoms with Gasteiger partial charge < -0.3 is 0 Å². The molecule has 0 heterocycles. The van der Waals surface area contributed by atoms with E-state index in [1.54, 1.807) is 54.6 Å². The van der Waals surface area contributed by atoms with Crippen molar-refractivity contribution in [3.63, 3.8) is 0 Å². The van der Waals surface area contributed by atoms with Crippen LogP contribution in [0.4, 0.5) is 17.6 Å². The molecule has 0 atom stereocenters. The molecule has 0 aliphatic heterocycles. The predicted octanol–water partition coefficient (Wildman–Crippen LogP) is 7.47. The summed E-state index contributed by atoms with van der Waals surface area (Å²) in [4.78, 5) is 0. The van der Waals surface area contributed by atoms with Gasteiger partial charge in [0.05, 0.1) is 0 Å². The van der Waals surface area contributed by atoms with Gasteiger partial charge in [0.2, 0.25) is 0 Å². The van der Waals surface area contributed by atoms with Crippen molar-refractivity contribution in [3.05, 3.63) is 142 Å². The minimum absolute atomic E-state index is 0.401. The maximum atomic E-state index is 14.5. The molecule has 0 saturated heterocycles. The fraction of sp³-hybridized carbons (Fsp3) is 0.0625. The van der Waals surface area contributed by atoms with Crippen LogP contribution < -0.4 is 0 Å². The lowest BCUT2D eigenvalue weighted by Crippen LogP contribution is -2.04. The summed E-state index contributed by atoms with van der Waals surface area (Å²) < 4.78 is 57.9. The van der Waals surface area contributed by atoms with Gasteiger partial charge in [-0.15, -0.1) is 0 Å². The zero-order valence-corrected chi connectivity index (χ0v) is 19.6. The van der Waals surface area contributed by atoms with Crippen molar-refractivity contribution in [2.75, 3.05) is 0 Å². The topological polar surface area (TPSA) is 0 Å². The van der Waals surface area contributed by atoms with Crippen LogP contribution >= 0.6 is 0 Å². The maximum absolute atomic E-state index is 14.5. The molecular weight excluding hydrogens is 460 g/mol. The predicted molar refractivity (Wildman–Crippen MR) is 135 cm³/mol.